The molecule has 5 nitrogen and oxygen atoms in total. The average Bonchev–Trinajstić information content (AvgIpc) is 3.10. The zero-order valence-corrected chi connectivity index (χ0v) is 18.8. The van der Waals surface area contributed by atoms with Gasteiger partial charge in [-0.15, -0.1) is 24.0 Å². The second-order valence-electron chi connectivity index (χ2n) is 6.51. The first-order valence-electron chi connectivity index (χ1n) is 9.28. The summed E-state index contributed by atoms with van der Waals surface area (Å²) in [6, 6.07) is 19.1. The van der Waals surface area contributed by atoms with E-state index in [2.05, 4.69) is 73.7 Å². The van der Waals surface area contributed by atoms with Gasteiger partial charge in [0, 0.05) is 39.1 Å². The average molecular weight is 489 g/mol. The van der Waals surface area contributed by atoms with E-state index in [1.807, 2.05) is 25.4 Å². The van der Waals surface area contributed by atoms with E-state index in [4.69, 9.17) is 0 Å². The van der Waals surface area contributed by atoms with Crippen LogP contribution in [-0.2, 0) is 19.5 Å². The largest absolute Gasteiger partial charge is 0.356 e. The van der Waals surface area contributed by atoms with Crippen LogP contribution in [0.3, 0.4) is 0 Å². The molecule has 3 aromatic rings. The fourth-order valence-corrected chi connectivity index (χ4v) is 2.98. The first-order chi connectivity index (χ1) is 13.2. The van der Waals surface area contributed by atoms with Crippen molar-refractivity contribution in [2.24, 2.45) is 4.99 Å². The van der Waals surface area contributed by atoms with Gasteiger partial charge in [0.2, 0.25) is 0 Å². The molecule has 2 N–H and O–H groups in total. The van der Waals surface area contributed by atoms with Crippen molar-refractivity contribution in [1.29, 1.82) is 0 Å². The van der Waals surface area contributed by atoms with Crippen LogP contribution in [0.2, 0.25) is 0 Å². The number of nitrogens with zero attached hydrogens (tertiary/aromatic N) is 3. The summed E-state index contributed by atoms with van der Waals surface area (Å²) in [6.45, 7) is 4.45. The molecule has 1 aromatic heterocycles. The van der Waals surface area contributed by atoms with Crippen molar-refractivity contribution in [1.82, 2.24) is 20.2 Å². The van der Waals surface area contributed by atoms with Crippen LogP contribution in [0, 0.1) is 6.92 Å². The lowest BCUT2D eigenvalue weighted by molar-refractivity contribution is 0.757. The van der Waals surface area contributed by atoms with E-state index in [0.29, 0.717) is 0 Å². The van der Waals surface area contributed by atoms with E-state index in [1.54, 1.807) is 7.05 Å². The number of guanidine groups is 1. The summed E-state index contributed by atoms with van der Waals surface area (Å²) in [6.07, 6.45) is 4.83. The summed E-state index contributed by atoms with van der Waals surface area (Å²) < 4.78 is 2.15. The Hall–Kier alpha value is -2.35. The normalized spacial score (nSPS) is 11.0. The van der Waals surface area contributed by atoms with E-state index in [1.165, 1.54) is 16.7 Å². The van der Waals surface area contributed by atoms with Gasteiger partial charge >= 0.3 is 0 Å². The molecule has 1 heterocycles. The Morgan fingerprint density at radius 2 is 1.75 bits per heavy atom. The molecule has 0 bridgehead atoms. The first-order valence-corrected chi connectivity index (χ1v) is 9.28. The summed E-state index contributed by atoms with van der Waals surface area (Å²) in [5.74, 6) is 1.85. The Morgan fingerprint density at radius 1 is 1.00 bits per heavy atom. The van der Waals surface area contributed by atoms with Crippen molar-refractivity contribution in [3.8, 4) is 0 Å². The molecule has 0 aliphatic heterocycles. The Labute approximate surface area is 184 Å². The van der Waals surface area contributed by atoms with Gasteiger partial charge < -0.3 is 15.2 Å². The van der Waals surface area contributed by atoms with E-state index in [9.17, 15) is 0 Å². The van der Waals surface area contributed by atoms with Gasteiger partial charge in [0.15, 0.2) is 5.96 Å². The molecule has 28 heavy (non-hydrogen) atoms. The fraction of sp³-hybridized carbons (Fsp3) is 0.273. The molecule has 148 valence electrons. The number of halogens is 1. The summed E-state index contributed by atoms with van der Waals surface area (Å²) in [7, 11) is 1.80. The molecule has 0 saturated carbocycles. The lowest BCUT2D eigenvalue weighted by Crippen LogP contribution is -2.37. The van der Waals surface area contributed by atoms with E-state index >= 15 is 0 Å². The Balaban J connectivity index is 0.00000280. The second-order valence-corrected chi connectivity index (χ2v) is 6.51. The van der Waals surface area contributed by atoms with Gasteiger partial charge in [-0.2, -0.15) is 0 Å². The maximum Gasteiger partial charge on any atom is 0.191 e. The first kappa shape index (κ1) is 21.9. The summed E-state index contributed by atoms with van der Waals surface area (Å²) in [5, 5.41) is 6.76. The number of hydrogen-bond acceptors (Lipinski definition) is 2. The number of aromatic nitrogens is 2. The molecule has 0 aliphatic rings. The number of aliphatic imine (C=N–C) groups is 1. The van der Waals surface area contributed by atoms with Crippen molar-refractivity contribution in [3.63, 3.8) is 0 Å². The van der Waals surface area contributed by atoms with E-state index < -0.39 is 0 Å². The van der Waals surface area contributed by atoms with Gasteiger partial charge in [-0.1, -0.05) is 54.6 Å². The van der Waals surface area contributed by atoms with Gasteiger partial charge in [0.1, 0.15) is 5.82 Å². The second kappa shape index (κ2) is 11.5. The minimum Gasteiger partial charge on any atom is -0.356 e. The van der Waals surface area contributed by atoms with Crippen molar-refractivity contribution in [3.05, 3.63) is 89.5 Å². The van der Waals surface area contributed by atoms with Crippen molar-refractivity contribution in [2.75, 3.05) is 13.6 Å². The molecule has 0 unspecified atom stereocenters. The highest BCUT2D eigenvalue weighted by Crippen LogP contribution is 2.08. The third-order valence-corrected chi connectivity index (χ3v) is 4.50. The molecule has 3 rings (SSSR count). The Bertz CT molecular complexity index is 873. The topological polar surface area (TPSA) is 54.2 Å². The standard InChI is InChI=1S/C22H27N5.HI/c1-18-24-13-14-27(18)17-21-10-6-9-20(15-21)16-26-22(23-2)25-12-11-19-7-4-3-5-8-19;/h3-10,13-15H,11-12,16-17H2,1-2H3,(H2,23,25,26);1H. The predicted molar refractivity (Wildman–Crippen MR) is 126 cm³/mol. The summed E-state index contributed by atoms with van der Waals surface area (Å²) in [5.41, 5.74) is 3.82. The van der Waals surface area contributed by atoms with Crippen LogP contribution in [0.15, 0.2) is 72.0 Å². The Morgan fingerprint density at radius 3 is 2.46 bits per heavy atom. The van der Waals surface area contributed by atoms with Gasteiger partial charge in [-0.3, -0.25) is 4.99 Å². The molecule has 0 fully saturated rings. The number of imidazole rings is 1. The number of aryl methyl sites for hydroxylation is 1. The number of nitrogens with one attached hydrogen (secondary N) is 2. The molecule has 0 spiro atoms. The molecule has 0 aliphatic carbocycles. The maximum absolute atomic E-state index is 4.31. The molecule has 0 amide bonds. The summed E-state index contributed by atoms with van der Waals surface area (Å²) >= 11 is 0. The molecule has 0 saturated heterocycles. The van der Waals surface area contributed by atoms with E-state index in [0.717, 1.165) is 37.8 Å². The molecule has 0 radical (unpaired) electrons. The van der Waals surface area contributed by atoms with Crippen LogP contribution < -0.4 is 10.6 Å². The highest BCUT2D eigenvalue weighted by atomic mass is 127. The van der Waals surface area contributed by atoms with Crippen LogP contribution >= 0.6 is 24.0 Å². The van der Waals surface area contributed by atoms with Crippen molar-refractivity contribution >= 4 is 29.9 Å². The van der Waals surface area contributed by atoms with Crippen molar-refractivity contribution in [2.45, 2.75) is 26.4 Å². The number of hydrogen-bond donors (Lipinski definition) is 2. The SMILES string of the molecule is CN=C(NCCc1ccccc1)NCc1cccc(Cn2ccnc2C)c1.I. The van der Waals surface area contributed by atoms with E-state index in [-0.39, 0.29) is 24.0 Å². The van der Waals surface area contributed by atoms with Gasteiger partial charge in [0.05, 0.1) is 0 Å². The van der Waals surface area contributed by atoms with Gasteiger partial charge in [-0.05, 0) is 30.0 Å². The van der Waals surface area contributed by atoms with Crippen LogP contribution in [0.4, 0.5) is 0 Å². The summed E-state index contributed by atoms with van der Waals surface area (Å²) in [4.78, 5) is 8.59. The maximum atomic E-state index is 4.31. The zero-order chi connectivity index (χ0) is 18.9. The van der Waals surface area contributed by atoms with Crippen LogP contribution in [0.25, 0.3) is 0 Å². The molecular weight excluding hydrogens is 461 g/mol. The highest BCUT2D eigenvalue weighted by Gasteiger charge is 2.02. The molecule has 0 atom stereocenters. The third kappa shape index (κ3) is 6.67. The molecular formula is C22H28IN5. The number of benzene rings is 2. The lowest BCUT2D eigenvalue weighted by atomic mass is 10.1. The lowest BCUT2D eigenvalue weighted by Gasteiger charge is -2.13. The third-order valence-electron chi connectivity index (χ3n) is 4.50. The minimum absolute atomic E-state index is 0. The quantitative estimate of drug-likeness (QED) is 0.302. The van der Waals surface area contributed by atoms with Gasteiger partial charge in [-0.25, -0.2) is 4.98 Å². The van der Waals surface area contributed by atoms with Gasteiger partial charge in [0.25, 0.3) is 0 Å². The smallest absolute Gasteiger partial charge is 0.191 e. The predicted octanol–water partition coefficient (Wildman–Crippen LogP) is 3.77. The number of rotatable bonds is 7. The van der Waals surface area contributed by atoms with Crippen LogP contribution in [-0.4, -0.2) is 29.1 Å². The van der Waals surface area contributed by atoms with Crippen LogP contribution in [0.1, 0.15) is 22.5 Å². The zero-order valence-electron chi connectivity index (χ0n) is 16.4. The Kier molecular flexibility index (Phi) is 9.00. The monoisotopic (exact) mass is 489 g/mol. The fourth-order valence-electron chi connectivity index (χ4n) is 2.98. The van der Waals surface area contributed by atoms with Crippen molar-refractivity contribution < 1.29 is 0 Å². The molecule has 6 heteroatoms. The molecule has 2 aromatic carbocycles. The minimum atomic E-state index is 0. The van der Waals surface area contributed by atoms with Crippen LogP contribution in [0.5, 0.6) is 0 Å². The highest BCUT2D eigenvalue weighted by molar-refractivity contribution is 14.0.